The summed E-state index contributed by atoms with van der Waals surface area (Å²) < 4.78 is 40.5. The Balaban J connectivity index is 0.00000469. The zero-order chi connectivity index (χ0) is 39.0. The number of hydrogen-bond donors (Lipinski definition) is 1. The summed E-state index contributed by atoms with van der Waals surface area (Å²) in [6, 6.07) is 29.5. The van der Waals surface area contributed by atoms with Crippen molar-refractivity contribution in [1.29, 1.82) is 0 Å². The molecule has 0 aliphatic carbocycles. The zero-order valence-electron chi connectivity index (χ0n) is 31.8. The number of hydrogen-bond acceptors (Lipinski definition) is 8. The van der Waals surface area contributed by atoms with Crippen LogP contribution in [-0.4, -0.2) is 83.4 Å². The number of phenolic OH excluding ortho intramolecular Hbond substituents is 1. The van der Waals surface area contributed by atoms with Crippen LogP contribution in [-0.2, 0) is 17.7 Å². The van der Waals surface area contributed by atoms with Crippen molar-refractivity contribution < 1.29 is 38.0 Å². The first-order chi connectivity index (χ1) is 27.8. The molecule has 2 aromatic heterocycles. The molecule has 1 N–H and O–H groups in total. The van der Waals surface area contributed by atoms with Gasteiger partial charge in [-0.15, -0.1) is 12.4 Å². The van der Waals surface area contributed by atoms with Gasteiger partial charge in [0.05, 0.1) is 41.2 Å². The molecule has 0 bridgehead atoms. The Kier molecular flexibility index (Phi) is 11.0. The van der Waals surface area contributed by atoms with Gasteiger partial charge in [0, 0.05) is 55.7 Å². The van der Waals surface area contributed by atoms with Crippen molar-refractivity contribution in [2.45, 2.75) is 25.9 Å². The third-order valence-electron chi connectivity index (χ3n) is 10.9. The first-order valence-electron chi connectivity index (χ1n) is 19.1. The molecule has 0 spiro atoms. The number of amides is 2. The van der Waals surface area contributed by atoms with Gasteiger partial charge in [-0.1, -0.05) is 30.3 Å². The van der Waals surface area contributed by atoms with E-state index in [1.54, 1.807) is 36.4 Å². The number of nitrogens with zero attached hydrogens (tertiary/aromatic N) is 4. The molecule has 298 valence electrons. The second-order valence-electron chi connectivity index (χ2n) is 14.5. The van der Waals surface area contributed by atoms with Crippen LogP contribution in [0, 0.1) is 5.82 Å². The molecule has 9 rings (SSSR count). The molecule has 11 nitrogen and oxygen atoms in total. The van der Waals surface area contributed by atoms with Gasteiger partial charge in [0.2, 0.25) is 6.79 Å². The minimum Gasteiger partial charge on any atom is -0.508 e. The molecule has 6 aromatic rings. The fourth-order valence-corrected chi connectivity index (χ4v) is 7.93. The van der Waals surface area contributed by atoms with E-state index < -0.39 is 11.7 Å². The molecular formula is C45H42ClFN4O7. The normalized spacial score (nSPS) is 16.1. The summed E-state index contributed by atoms with van der Waals surface area (Å²) in [7, 11) is 0. The molecule has 3 aliphatic rings. The average Bonchev–Trinajstić information content (AvgIpc) is 3.86. The quantitative estimate of drug-likeness (QED) is 0.158. The van der Waals surface area contributed by atoms with Crippen LogP contribution >= 0.6 is 12.4 Å². The fraction of sp³-hybridized carbons (Fsp3) is 0.244. The van der Waals surface area contributed by atoms with Gasteiger partial charge in [-0.2, -0.15) is 0 Å². The number of benzene rings is 4. The number of carbonyl (C=O) groups excluding carboxylic acids is 2. The highest BCUT2D eigenvalue weighted by Gasteiger charge is 2.33. The second kappa shape index (κ2) is 16.4. The lowest BCUT2D eigenvalue weighted by Gasteiger charge is -2.35. The Bertz CT molecular complexity index is 2490. The molecule has 13 heteroatoms. The average molecular weight is 805 g/mol. The molecule has 2 amide bonds. The number of fused-ring (bicyclic) bond motifs is 3. The summed E-state index contributed by atoms with van der Waals surface area (Å²) >= 11 is 0. The van der Waals surface area contributed by atoms with Gasteiger partial charge in [-0.05, 0) is 91.2 Å². The molecule has 1 atom stereocenters. The van der Waals surface area contributed by atoms with Crippen LogP contribution in [0.5, 0.6) is 23.0 Å². The van der Waals surface area contributed by atoms with Crippen molar-refractivity contribution in [1.82, 2.24) is 14.2 Å². The summed E-state index contributed by atoms with van der Waals surface area (Å²) in [6.07, 6.45) is 2.57. The Morgan fingerprint density at radius 2 is 1.59 bits per heavy atom. The summed E-state index contributed by atoms with van der Waals surface area (Å²) in [5.74, 6) is -0.183. The van der Waals surface area contributed by atoms with Gasteiger partial charge in [0.15, 0.2) is 23.1 Å². The molecule has 3 aliphatic heterocycles. The highest BCUT2D eigenvalue weighted by Crippen LogP contribution is 2.42. The summed E-state index contributed by atoms with van der Waals surface area (Å²) in [4.78, 5) is 35.2. The Morgan fingerprint density at radius 1 is 0.862 bits per heavy atom. The maximum absolute atomic E-state index is 15.8. The summed E-state index contributed by atoms with van der Waals surface area (Å²) in [5.41, 5.74) is 5.44. The van der Waals surface area contributed by atoms with Gasteiger partial charge in [0.25, 0.3) is 11.8 Å². The maximum atomic E-state index is 15.8. The summed E-state index contributed by atoms with van der Waals surface area (Å²) in [5, 5.41) is 10.1. The predicted octanol–water partition coefficient (Wildman–Crippen LogP) is 7.88. The van der Waals surface area contributed by atoms with Gasteiger partial charge in [0.1, 0.15) is 12.4 Å². The smallest absolute Gasteiger partial charge is 0.265 e. The summed E-state index contributed by atoms with van der Waals surface area (Å²) in [6.45, 7) is 6.37. The largest absolute Gasteiger partial charge is 0.508 e. The molecule has 0 saturated carbocycles. The van der Waals surface area contributed by atoms with Crippen molar-refractivity contribution in [2.75, 3.05) is 51.1 Å². The number of phenols is 1. The third kappa shape index (κ3) is 7.42. The predicted molar refractivity (Wildman–Crippen MR) is 219 cm³/mol. The van der Waals surface area contributed by atoms with E-state index in [2.05, 4.69) is 24.0 Å². The lowest BCUT2D eigenvalue weighted by molar-refractivity contribution is 0.0320. The van der Waals surface area contributed by atoms with Crippen LogP contribution < -0.4 is 19.1 Å². The van der Waals surface area contributed by atoms with Crippen molar-refractivity contribution in [3.63, 3.8) is 0 Å². The maximum Gasteiger partial charge on any atom is 0.265 e. The van der Waals surface area contributed by atoms with Crippen LogP contribution in [0.15, 0.2) is 109 Å². The number of aromatic nitrogens is 1. The Morgan fingerprint density at radius 3 is 2.36 bits per heavy atom. The van der Waals surface area contributed by atoms with Crippen molar-refractivity contribution in [3.05, 3.63) is 137 Å². The topological polar surface area (TPSA) is 105 Å². The van der Waals surface area contributed by atoms with Crippen molar-refractivity contribution in [3.8, 4) is 34.3 Å². The van der Waals surface area contributed by atoms with Crippen molar-refractivity contribution >= 4 is 41.1 Å². The van der Waals surface area contributed by atoms with Crippen LogP contribution in [0.2, 0.25) is 0 Å². The monoisotopic (exact) mass is 804 g/mol. The number of anilines is 2. The number of carbonyl (C=O) groups is 2. The Hall–Kier alpha value is -6.08. The van der Waals surface area contributed by atoms with Gasteiger partial charge >= 0.3 is 0 Å². The van der Waals surface area contributed by atoms with E-state index in [1.165, 1.54) is 34.7 Å². The third-order valence-corrected chi connectivity index (χ3v) is 10.9. The number of rotatable bonds is 9. The molecule has 5 heterocycles. The van der Waals surface area contributed by atoms with E-state index >= 15 is 9.18 Å². The van der Waals surface area contributed by atoms with Crippen LogP contribution in [0.3, 0.4) is 0 Å². The number of ether oxygens (including phenoxy) is 4. The van der Waals surface area contributed by atoms with Crippen molar-refractivity contribution in [2.24, 2.45) is 0 Å². The van der Waals surface area contributed by atoms with E-state index in [1.807, 2.05) is 45.8 Å². The van der Waals surface area contributed by atoms with E-state index in [0.717, 1.165) is 25.1 Å². The number of morpholine rings is 1. The van der Waals surface area contributed by atoms with E-state index in [9.17, 15) is 9.90 Å². The van der Waals surface area contributed by atoms with E-state index in [0.29, 0.717) is 78.0 Å². The lowest BCUT2D eigenvalue weighted by Crippen LogP contribution is -2.42. The first kappa shape index (κ1) is 38.8. The minimum atomic E-state index is -0.619. The SMILES string of the molecule is C[C@@H]1Cc2ccccc2CN1C(=O)c1cc2c(cc1-c1cc(C(=O)N(c3ccc(O)cc3)c3ccc(OCCN4CCOCC4)c(F)c3)c3ccccn13)OCO2.Cl. The zero-order valence-corrected chi connectivity index (χ0v) is 32.6. The molecule has 0 unspecified atom stereocenters. The highest BCUT2D eigenvalue weighted by molar-refractivity contribution is 6.16. The van der Waals surface area contributed by atoms with Crippen LogP contribution in [0.25, 0.3) is 16.8 Å². The minimum absolute atomic E-state index is 0. The van der Waals surface area contributed by atoms with Crippen LogP contribution in [0.1, 0.15) is 38.8 Å². The second-order valence-corrected chi connectivity index (χ2v) is 14.5. The van der Waals surface area contributed by atoms with Gasteiger partial charge < -0.3 is 33.4 Å². The molecule has 1 fully saturated rings. The number of pyridine rings is 1. The Labute approximate surface area is 341 Å². The molecular weight excluding hydrogens is 763 g/mol. The lowest BCUT2D eigenvalue weighted by atomic mass is 9.93. The first-order valence-corrected chi connectivity index (χ1v) is 19.1. The van der Waals surface area contributed by atoms with E-state index in [-0.39, 0.29) is 48.3 Å². The van der Waals surface area contributed by atoms with Gasteiger partial charge in [-0.25, -0.2) is 4.39 Å². The molecule has 1 saturated heterocycles. The number of halogens is 2. The highest BCUT2D eigenvalue weighted by atomic mass is 35.5. The molecule has 58 heavy (non-hydrogen) atoms. The van der Waals surface area contributed by atoms with E-state index in [4.69, 9.17) is 18.9 Å². The van der Waals surface area contributed by atoms with Crippen LogP contribution in [0.4, 0.5) is 15.8 Å². The number of aromatic hydroxyl groups is 1. The fourth-order valence-electron chi connectivity index (χ4n) is 7.93. The molecule has 0 radical (unpaired) electrons. The molecule has 4 aromatic carbocycles. The standard InChI is InChI=1S/C45H41FN4O7.ClH/c1-29-22-30-6-2-3-7-31(30)27-49(29)44(52)36-26-43-42(56-28-57-43)25-35(36)40-24-37(39-8-4-5-15-48(39)40)45(53)50(32-9-12-34(51)13-10-32)33-11-14-41(38(46)23-33)55-21-18-47-16-19-54-20-17-47;/h2-15,23-26,29,51H,16-22,27-28H2,1H3;1H/t29-;/m1./s1. The van der Waals surface area contributed by atoms with Gasteiger partial charge in [-0.3, -0.25) is 19.4 Å².